The van der Waals surface area contributed by atoms with E-state index >= 15 is 0 Å². The maximum Gasteiger partial charge on any atom is 0.319 e. The molecule has 1 aromatic carbocycles. The Kier molecular flexibility index (Phi) is 6.08. The second-order valence-corrected chi connectivity index (χ2v) is 7.08. The fourth-order valence-electron chi connectivity index (χ4n) is 3.27. The number of benzene rings is 1. The number of rotatable bonds is 6. The first-order valence-electron chi connectivity index (χ1n) is 9.06. The van der Waals surface area contributed by atoms with Gasteiger partial charge in [-0.2, -0.15) is 5.10 Å². The zero-order chi connectivity index (χ0) is 19.4. The van der Waals surface area contributed by atoms with Crippen LogP contribution in [0.25, 0.3) is 0 Å². The van der Waals surface area contributed by atoms with E-state index in [1.165, 1.54) is 12.1 Å². The lowest BCUT2D eigenvalue weighted by atomic mass is 10.2. The predicted octanol–water partition coefficient (Wildman–Crippen LogP) is 2.30. The molecule has 7 nitrogen and oxygen atoms in total. The van der Waals surface area contributed by atoms with Gasteiger partial charge in [-0.25, -0.2) is 9.18 Å². The van der Waals surface area contributed by atoms with Crippen LogP contribution in [-0.2, 0) is 11.3 Å². The summed E-state index contributed by atoms with van der Waals surface area (Å²) >= 11 is 0. The van der Waals surface area contributed by atoms with Crippen LogP contribution in [0.5, 0.6) is 0 Å². The van der Waals surface area contributed by atoms with Gasteiger partial charge in [0.15, 0.2) is 0 Å². The van der Waals surface area contributed by atoms with E-state index in [1.807, 2.05) is 6.07 Å². The number of aromatic nitrogens is 2. The Bertz CT molecular complexity index is 779. The Morgan fingerprint density at radius 2 is 2.22 bits per heavy atom. The zero-order valence-corrected chi connectivity index (χ0v) is 15.9. The van der Waals surface area contributed by atoms with Crippen molar-refractivity contribution in [3.05, 3.63) is 48.0 Å². The minimum Gasteiger partial charge on any atom is -0.378 e. The highest BCUT2D eigenvalue weighted by Gasteiger charge is 2.34. The standard InChI is InChI=1S/C19H26FN5O2/c1-13(2)24-11-17(18(12-24)27-3)23-19(26)22-16-8-21-25(10-16)9-14-5-4-6-15(20)7-14/h4-8,10,13,17-18H,9,11-12H2,1-3H3,(H2,22,23,26)/t17-,18-/m0/s1. The first-order chi connectivity index (χ1) is 12.9. The topological polar surface area (TPSA) is 71.4 Å². The summed E-state index contributed by atoms with van der Waals surface area (Å²) in [5, 5.41) is 9.98. The molecule has 2 aromatic rings. The van der Waals surface area contributed by atoms with Crippen molar-refractivity contribution in [3.8, 4) is 0 Å². The maximum absolute atomic E-state index is 13.3. The van der Waals surface area contributed by atoms with Crippen LogP contribution in [0.1, 0.15) is 19.4 Å². The number of nitrogens with zero attached hydrogens (tertiary/aromatic N) is 3. The SMILES string of the molecule is CO[C@H]1CN(C(C)C)C[C@@H]1NC(=O)Nc1cnn(Cc2cccc(F)c2)c1. The van der Waals surface area contributed by atoms with E-state index in [0.717, 1.165) is 18.7 Å². The molecule has 2 N–H and O–H groups in total. The zero-order valence-electron chi connectivity index (χ0n) is 15.9. The van der Waals surface area contributed by atoms with Gasteiger partial charge >= 0.3 is 6.03 Å². The summed E-state index contributed by atoms with van der Waals surface area (Å²) in [4.78, 5) is 14.6. The lowest BCUT2D eigenvalue weighted by molar-refractivity contribution is 0.0896. The number of likely N-dealkylation sites (tertiary alicyclic amines) is 1. The minimum absolute atomic E-state index is 0.0335. The summed E-state index contributed by atoms with van der Waals surface area (Å²) in [6, 6.07) is 6.40. The fourth-order valence-corrected chi connectivity index (χ4v) is 3.27. The van der Waals surface area contributed by atoms with Crippen molar-refractivity contribution in [2.24, 2.45) is 0 Å². The molecule has 3 rings (SSSR count). The number of hydrogen-bond acceptors (Lipinski definition) is 4. The molecule has 0 aliphatic carbocycles. The Morgan fingerprint density at radius 1 is 1.41 bits per heavy atom. The summed E-state index contributed by atoms with van der Waals surface area (Å²) in [5.74, 6) is -0.280. The number of carbonyl (C=O) groups is 1. The van der Waals surface area contributed by atoms with Crippen molar-refractivity contribution in [3.63, 3.8) is 0 Å². The number of anilines is 1. The first-order valence-corrected chi connectivity index (χ1v) is 9.06. The van der Waals surface area contributed by atoms with Crippen molar-refractivity contribution >= 4 is 11.7 Å². The van der Waals surface area contributed by atoms with Gasteiger partial charge in [-0.3, -0.25) is 9.58 Å². The summed E-state index contributed by atoms with van der Waals surface area (Å²) in [7, 11) is 1.66. The second kappa shape index (κ2) is 8.49. The van der Waals surface area contributed by atoms with Gasteiger partial charge in [0.25, 0.3) is 0 Å². The molecule has 0 unspecified atom stereocenters. The molecule has 1 aliphatic rings. The van der Waals surface area contributed by atoms with E-state index in [-0.39, 0.29) is 24.0 Å². The van der Waals surface area contributed by atoms with Gasteiger partial charge in [0.05, 0.1) is 30.6 Å². The highest BCUT2D eigenvalue weighted by molar-refractivity contribution is 5.89. The fraction of sp³-hybridized carbons (Fsp3) is 0.474. The van der Waals surface area contributed by atoms with Crippen LogP contribution in [0, 0.1) is 5.82 Å². The smallest absolute Gasteiger partial charge is 0.319 e. The maximum atomic E-state index is 13.3. The monoisotopic (exact) mass is 375 g/mol. The van der Waals surface area contributed by atoms with Crippen LogP contribution in [0.2, 0.25) is 0 Å². The molecular formula is C19H26FN5O2. The van der Waals surface area contributed by atoms with E-state index in [2.05, 4.69) is 34.5 Å². The van der Waals surface area contributed by atoms with Crippen LogP contribution in [0.3, 0.4) is 0 Å². The van der Waals surface area contributed by atoms with Crippen molar-refractivity contribution in [2.45, 2.75) is 38.6 Å². The van der Waals surface area contributed by atoms with Gasteiger partial charge in [-0.1, -0.05) is 12.1 Å². The number of nitrogens with one attached hydrogen (secondary N) is 2. The van der Waals surface area contributed by atoms with E-state index in [0.29, 0.717) is 18.3 Å². The average Bonchev–Trinajstić information content (AvgIpc) is 3.21. The number of urea groups is 1. The molecular weight excluding hydrogens is 349 g/mol. The van der Waals surface area contributed by atoms with Gasteiger partial charge < -0.3 is 15.4 Å². The minimum atomic E-state index is -0.294. The van der Waals surface area contributed by atoms with Crippen molar-refractivity contribution in [2.75, 3.05) is 25.5 Å². The molecule has 8 heteroatoms. The van der Waals surface area contributed by atoms with Crippen molar-refractivity contribution < 1.29 is 13.9 Å². The van der Waals surface area contributed by atoms with Crippen LogP contribution >= 0.6 is 0 Å². The predicted molar refractivity (Wildman–Crippen MR) is 101 cm³/mol. The number of hydrogen-bond donors (Lipinski definition) is 2. The number of halogens is 1. The number of methoxy groups -OCH3 is 1. The molecule has 0 bridgehead atoms. The van der Waals surface area contributed by atoms with Crippen molar-refractivity contribution in [1.82, 2.24) is 20.0 Å². The normalized spacial score (nSPS) is 20.2. The summed E-state index contributed by atoms with van der Waals surface area (Å²) in [6.07, 6.45) is 3.25. The highest BCUT2D eigenvalue weighted by Crippen LogP contribution is 2.16. The Morgan fingerprint density at radius 3 is 2.93 bits per heavy atom. The van der Waals surface area contributed by atoms with Gasteiger partial charge in [-0.15, -0.1) is 0 Å². The van der Waals surface area contributed by atoms with E-state index < -0.39 is 0 Å². The van der Waals surface area contributed by atoms with Gasteiger partial charge in [0.2, 0.25) is 0 Å². The second-order valence-electron chi connectivity index (χ2n) is 7.08. The van der Waals surface area contributed by atoms with Crippen LogP contribution in [0.15, 0.2) is 36.7 Å². The van der Waals surface area contributed by atoms with E-state index in [9.17, 15) is 9.18 Å². The molecule has 2 heterocycles. The molecule has 0 radical (unpaired) electrons. The van der Waals surface area contributed by atoms with E-state index in [4.69, 9.17) is 4.74 Å². The molecule has 1 aliphatic heterocycles. The van der Waals surface area contributed by atoms with Crippen molar-refractivity contribution in [1.29, 1.82) is 0 Å². The molecule has 2 amide bonds. The Labute approximate surface area is 158 Å². The van der Waals surface area contributed by atoms with Crippen LogP contribution < -0.4 is 10.6 Å². The molecule has 2 atom stereocenters. The highest BCUT2D eigenvalue weighted by atomic mass is 19.1. The number of amides is 2. The summed E-state index contributed by atoms with van der Waals surface area (Å²) in [6.45, 7) is 6.23. The van der Waals surface area contributed by atoms with Gasteiger partial charge in [-0.05, 0) is 31.5 Å². The number of carbonyl (C=O) groups excluding carboxylic acids is 1. The van der Waals surface area contributed by atoms with Crippen LogP contribution in [0.4, 0.5) is 14.9 Å². The lowest BCUT2D eigenvalue weighted by Crippen LogP contribution is -2.45. The Hall–Kier alpha value is -2.45. The van der Waals surface area contributed by atoms with Gasteiger partial charge in [0, 0.05) is 32.4 Å². The molecule has 27 heavy (non-hydrogen) atoms. The summed E-state index contributed by atoms with van der Waals surface area (Å²) < 4.78 is 20.4. The largest absolute Gasteiger partial charge is 0.378 e. The summed E-state index contributed by atoms with van der Waals surface area (Å²) in [5.41, 5.74) is 1.38. The molecule has 1 aromatic heterocycles. The molecule has 0 saturated carbocycles. The number of ether oxygens (including phenoxy) is 1. The van der Waals surface area contributed by atoms with Gasteiger partial charge in [0.1, 0.15) is 5.82 Å². The third kappa shape index (κ3) is 5.05. The first kappa shape index (κ1) is 19.3. The average molecular weight is 375 g/mol. The molecule has 146 valence electrons. The Balaban J connectivity index is 1.55. The quantitative estimate of drug-likeness (QED) is 0.813. The molecule has 1 saturated heterocycles. The lowest BCUT2D eigenvalue weighted by Gasteiger charge is -2.20. The van der Waals surface area contributed by atoms with E-state index in [1.54, 1.807) is 30.3 Å². The third-order valence-corrected chi connectivity index (χ3v) is 4.77. The molecule has 0 spiro atoms. The third-order valence-electron chi connectivity index (χ3n) is 4.77. The van der Waals surface area contributed by atoms with Crippen LogP contribution in [-0.4, -0.2) is 59.1 Å². The molecule has 1 fully saturated rings.